The van der Waals surface area contributed by atoms with Gasteiger partial charge in [-0.2, -0.15) is 0 Å². The highest BCUT2D eigenvalue weighted by Gasteiger charge is 2.13. The van der Waals surface area contributed by atoms with Crippen LogP contribution in [0.3, 0.4) is 0 Å². The molecule has 2 heterocycles. The maximum atomic E-state index is 12.6. The van der Waals surface area contributed by atoms with Gasteiger partial charge in [0.25, 0.3) is 5.56 Å². The number of methoxy groups -OCH3 is 2. The Hall–Kier alpha value is -3.41. The van der Waals surface area contributed by atoms with E-state index < -0.39 is 0 Å². The lowest BCUT2D eigenvalue weighted by Gasteiger charge is -2.11. The van der Waals surface area contributed by atoms with Crippen molar-refractivity contribution in [2.24, 2.45) is 4.99 Å². The number of hydrogen-bond donors (Lipinski definition) is 1. The van der Waals surface area contributed by atoms with E-state index in [1.165, 1.54) is 12.7 Å². The van der Waals surface area contributed by atoms with E-state index in [1.54, 1.807) is 19.2 Å². The number of aliphatic imine (C=N–C) groups is 1. The van der Waals surface area contributed by atoms with E-state index in [2.05, 4.69) is 15.0 Å². The van der Waals surface area contributed by atoms with E-state index in [9.17, 15) is 4.79 Å². The molecule has 0 fully saturated rings. The average Bonchev–Trinajstić information content (AvgIpc) is 2.73. The van der Waals surface area contributed by atoms with Crippen molar-refractivity contribution in [3.8, 4) is 22.9 Å². The van der Waals surface area contributed by atoms with E-state index >= 15 is 0 Å². The zero-order valence-electron chi connectivity index (χ0n) is 15.2. The van der Waals surface area contributed by atoms with Gasteiger partial charge in [-0.1, -0.05) is 24.3 Å². The third kappa shape index (κ3) is 3.21. The number of hydrogen-bond acceptors (Lipinski definition) is 5. The Morgan fingerprint density at radius 3 is 2.48 bits per heavy atom. The third-order valence-corrected chi connectivity index (χ3v) is 4.62. The van der Waals surface area contributed by atoms with Crippen molar-refractivity contribution in [3.63, 3.8) is 0 Å². The van der Waals surface area contributed by atoms with Gasteiger partial charge in [0, 0.05) is 30.5 Å². The molecule has 3 aromatic rings. The number of dihydropyridines is 1. The fourth-order valence-corrected chi connectivity index (χ4v) is 3.19. The van der Waals surface area contributed by atoms with Gasteiger partial charge < -0.3 is 14.5 Å². The maximum Gasteiger partial charge on any atom is 0.262 e. The van der Waals surface area contributed by atoms with Crippen LogP contribution in [0.4, 0.5) is 0 Å². The predicted octanol–water partition coefficient (Wildman–Crippen LogP) is 3.47. The number of aromatic amines is 1. The standard InChI is InChI=1S/C21H19N3O3/c1-26-16-11-17-19(18(12-16)27-2)21(25)24-20(23-17)15-5-3-13(4-6-15)14-7-9-22-10-8-14/h3-7,9,11-12H,8,10H2,1-2H3,(H,23,24,25). The lowest BCUT2D eigenvalue weighted by Crippen LogP contribution is -2.11. The number of ether oxygens (including phenoxy) is 2. The fourth-order valence-electron chi connectivity index (χ4n) is 3.19. The molecule has 0 unspecified atom stereocenters. The Balaban J connectivity index is 1.78. The minimum absolute atomic E-state index is 0.246. The summed E-state index contributed by atoms with van der Waals surface area (Å²) in [5.74, 6) is 1.53. The Bertz CT molecular complexity index is 1110. The van der Waals surface area contributed by atoms with E-state index in [-0.39, 0.29) is 5.56 Å². The number of fused-ring (bicyclic) bond motifs is 1. The molecule has 0 bridgehead atoms. The number of nitrogens with zero attached hydrogens (tertiary/aromatic N) is 2. The van der Waals surface area contributed by atoms with Crippen LogP contribution in [0.25, 0.3) is 27.9 Å². The van der Waals surface area contributed by atoms with Gasteiger partial charge in [0.1, 0.15) is 22.7 Å². The normalized spacial score (nSPS) is 13.5. The minimum atomic E-state index is -0.246. The van der Waals surface area contributed by atoms with Gasteiger partial charge >= 0.3 is 0 Å². The third-order valence-electron chi connectivity index (χ3n) is 4.62. The second-order valence-electron chi connectivity index (χ2n) is 6.21. The molecular formula is C21H19N3O3. The van der Waals surface area contributed by atoms with Crippen molar-refractivity contribution in [1.82, 2.24) is 9.97 Å². The summed E-state index contributed by atoms with van der Waals surface area (Å²) >= 11 is 0. The largest absolute Gasteiger partial charge is 0.497 e. The summed E-state index contributed by atoms with van der Waals surface area (Å²) in [5, 5.41) is 0.408. The molecule has 4 rings (SSSR count). The van der Waals surface area contributed by atoms with Gasteiger partial charge in [0.15, 0.2) is 0 Å². The molecule has 27 heavy (non-hydrogen) atoms. The summed E-state index contributed by atoms with van der Waals surface area (Å²) in [6, 6.07) is 11.4. The van der Waals surface area contributed by atoms with Gasteiger partial charge in [0.2, 0.25) is 0 Å². The SMILES string of the molecule is COc1cc(OC)c2c(=O)[nH]c(-c3ccc(C4=CC=NCC4)cc3)nc2c1. The lowest BCUT2D eigenvalue weighted by molar-refractivity contribution is 0.397. The molecule has 1 aliphatic heterocycles. The van der Waals surface area contributed by atoms with Gasteiger partial charge in [-0.3, -0.25) is 9.79 Å². The summed E-state index contributed by atoms with van der Waals surface area (Å²) in [7, 11) is 3.09. The van der Waals surface area contributed by atoms with Crippen LogP contribution in [0.2, 0.25) is 0 Å². The van der Waals surface area contributed by atoms with E-state index in [1.807, 2.05) is 36.6 Å². The zero-order chi connectivity index (χ0) is 18.8. The number of allylic oxidation sites excluding steroid dienone is 1. The Morgan fingerprint density at radius 2 is 1.81 bits per heavy atom. The van der Waals surface area contributed by atoms with Gasteiger partial charge in [0.05, 0.1) is 19.7 Å². The predicted molar refractivity (Wildman–Crippen MR) is 107 cm³/mol. The second-order valence-corrected chi connectivity index (χ2v) is 6.21. The molecule has 136 valence electrons. The first-order chi connectivity index (χ1) is 13.2. The monoisotopic (exact) mass is 361 g/mol. The van der Waals surface area contributed by atoms with Crippen LogP contribution >= 0.6 is 0 Å². The molecule has 1 aliphatic rings. The van der Waals surface area contributed by atoms with Crippen LogP contribution in [0, 0.1) is 0 Å². The molecule has 0 saturated carbocycles. The molecule has 2 aromatic carbocycles. The van der Waals surface area contributed by atoms with Crippen LogP contribution < -0.4 is 15.0 Å². The first-order valence-corrected chi connectivity index (χ1v) is 8.65. The summed E-state index contributed by atoms with van der Waals surface area (Å²) in [4.78, 5) is 24.3. The number of aromatic nitrogens is 2. The molecule has 0 atom stereocenters. The molecule has 0 amide bonds. The molecule has 6 nitrogen and oxygen atoms in total. The van der Waals surface area contributed by atoms with Crippen LogP contribution in [-0.4, -0.2) is 36.9 Å². The summed E-state index contributed by atoms with van der Waals surface area (Å²) in [6.45, 7) is 0.816. The summed E-state index contributed by atoms with van der Waals surface area (Å²) in [6.07, 6.45) is 4.81. The number of nitrogens with one attached hydrogen (secondary N) is 1. The van der Waals surface area contributed by atoms with Gasteiger partial charge in [-0.05, 0) is 23.6 Å². The minimum Gasteiger partial charge on any atom is -0.497 e. The highest BCUT2D eigenvalue weighted by molar-refractivity contribution is 5.88. The van der Waals surface area contributed by atoms with E-state index in [4.69, 9.17) is 9.47 Å². The van der Waals surface area contributed by atoms with Crippen molar-refractivity contribution >= 4 is 22.7 Å². The number of H-pyrrole nitrogens is 1. The van der Waals surface area contributed by atoms with Crippen molar-refractivity contribution in [3.05, 3.63) is 58.4 Å². The van der Waals surface area contributed by atoms with Crippen molar-refractivity contribution < 1.29 is 9.47 Å². The molecule has 0 spiro atoms. The molecule has 0 radical (unpaired) electrons. The smallest absolute Gasteiger partial charge is 0.262 e. The van der Waals surface area contributed by atoms with Crippen LogP contribution in [0.15, 0.2) is 52.3 Å². The molecule has 0 saturated heterocycles. The highest BCUT2D eigenvalue weighted by atomic mass is 16.5. The van der Waals surface area contributed by atoms with E-state index in [0.29, 0.717) is 28.2 Å². The average molecular weight is 361 g/mol. The van der Waals surface area contributed by atoms with Gasteiger partial charge in [-0.25, -0.2) is 4.98 Å². The summed E-state index contributed by atoms with van der Waals surface area (Å²) < 4.78 is 10.6. The Labute approximate surface area is 156 Å². The molecule has 1 aromatic heterocycles. The van der Waals surface area contributed by atoms with E-state index in [0.717, 1.165) is 24.1 Å². The zero-order valence-corrected chi connectivity index (χ0v) is 15.2. The van der Waals surface area contributed by atoms with Crippen LogP contribution in [0.1, 0.15) is 12.0 Å². The van der Waals surface area contributed by atoms with Crippen molar-refractivity contribution in [1.29, 1.82) is 0 Å². The lowest BCUT2D eigenvalue weighted by atomic mass is 10.00. The first kappa shape index (κ1) is 17.0. The molecular weight excluding hydrogens is 342 g/mol. The topological polar surface area (TPSA) is 76.6 Å². The van der Waals surface area contributed by atoms with Gasteiger partial charge in [-0.15, -0.1) is 0 Å². The number of rotatable bonds is 4. The highest BCUT2D eigenvalue weighted by Crippen LogP contribution is 2.29. The molecule has 6 heteroatoms. The Morgan fingerprint density at radius 1 is 1.04 bits per heavy atom. The molecule has 0 aliphatic carbocycles. The van der Waals surface area contributed by atoms with Crippen molar-refractivity contribution in [2.45, 2.75) is 6.42 Å². The maximum absolute atomic E-state index is 12.6. The van der Waals surface area contributed by atoms with Crippen LogP contribution in [-0.2, 0) is 0 Å². The van der Waals surface area contributed by atoms with Crippen molar-refractivity contribution in [2.75, 3.05) is 20.8 Å². The first-order valence-electron chi connectivity index (χ1n) is 8.65. The summed E-state index contributed by atoms with van der Waals surface area (Å²) in [5.41, 5.74) is 3.52. The Kier molecular flexibility index (Phi) is 4.46. The second kappa shape index (κ2) is 7.07. The number of benzene rings is 2. The fraction of sp³-hybridized carbons (Fsp3) is 0.190. The van der Waals surface area contributed by atoms with Crippen LogP contribution in [0.5, 0.6) is 11.5 Å². The molecule has 1 N–H and O–H groups in total. The quantitative estimate of drug-likeness (QED) is 0.772.